The topological polar surface area (TPSA) is 105 Å². The normalized spacial score (nSPS) is 13.1. The van der Waals surface area contributed by atoms with Gasteiger partial charge in [0.15, 0.2) is 6.10 Å². The van der Waals surface area contributed by atoms with E-state index in [0.29, 0.717) is 14.6 Å². The van der Waals surface area contributed by atoms with Crippen molar-refractivity contribution in [1.29, 1.82) is 0 Å². The third kappa shape index (κ3) is 6.59. The number of aliphatic carboxylic acids is 1. The van der Waals surface area contributed by atoms with Gasteiger partial charge >= 0.3 is 12.1 Å². The summed E-state index contributed by atoms with van der Waals surface area (Å²) in [5.41, 5.74) is 1.78. The highest BCUT2D eigenvalue weighted by Crippen LogP contribution is 2.39. The van der Waals surface area contributed by atoms with Gasteiger partial charge in [-0.2, -0.15) is 0 Å². The molecule has 2 aromatic carbocycles. The summed E-state index contributed by atoms with van der Waals surface area (Å²) < 4.78 is 11.8. The number of amides is 1. The number of halogens is 2. The Hall–Kier alpha value is -2.36. The molecule has 7 nitrogen and oxygen atoms in total. The number of carboxylic acid groups (broad SMARTS) is 1. The second-order valence-electron chi connectivity index (χ2n) is 6.04. The predicted octanol–water partition coefficient (Wildman–Crippen LogP) is 5.17. The Morgan fingerprint density at radius 1 is 1.17 bits per heavy atom. The van der Waals surface area contributed by atoms with Crippen LogP contribution < -0.4 is 5.32 Å². The smallest absolute Gasteiger partial charge is 0.412 e. The number of hydrogen-bond donors (Lipinski definition) is 3. The van der Waals surface area contributed by atoms with Crippen LogP contribution >= 0.6 is 31.9 Å². The molecule has 9 heteroatoms. The Balaban J connectivity index is 2.37. The van der Waals surface area contributed by atoms with E-state index in [9.17, 15) is 14.7 Å². The lowest BCUT2D eigenvalue weighted by Crippen LogP contribution is -2.27. The summed E-state index contributed by atoms with van der Waals surface area (Å²) in [6.07, 6.45) is -0.774. The number of phenolic OH excluding ortho intramolecular Hbond substituents is 1. The van der Waals surface area contributed by atoms with Crippen molar-refractivity contribution in [2.24, 2.45) is 0 Å². The molecule has 0 heterocycles. The molecule has 1 amide bonds. The van der Waals surface area contributed by atoms with Crippen LogP contribution in [-0.2, 0) is 14.3 Å². The number of phenols is 1. The molecule has 3 N–H and O–H groups in total. The zero-order valence-corrected chi connectivity index (χ0v) is 18.7. The van der Waals surface area contributed by atoms with E-state index in [4.69, 9.17) is 14.6 Å². The first-order valence-corrected chi connectivity index (χ1v) is 9.96. The fraction of sp³-hybridized carbons (Fsp3) is 0.200. The summed E-state index contributed by atoms with van der Waals surface area (Å²) in [5.74, 6) is -1.35. The standard InChI is InChI=1S/C20H19Br2NO6/c1-11-3-5-13(6-4-11)23-20(27)29-19(16(28-2)7-8-17(24)25)14-9-12(21)10-15(22)18(14)26/h3-10,16,19,26H,1-2H3,(H,23,27)(H,24,25)/b8-7+/t16-,19-/m0/s1. The van der Waals surface area contributed by atoms with Gasteiger partial charge in [-0.15, -0.1) is 0 Å². The zero-order chi connectivity index (χ0) is 21.6. The molecule has 0 radical (unpaired) electrons. The Morgan fingerprint density at radius 3 is 2.41 bits per heavy atom. The van der Waals surface area contributed by atoms with Crippen LogP contribution in [0.2, 0.25) is 0 Å². The van der Waals surface area contributed by atoms with Gasteiger partial charge in [0.25, 0.3) is 0 Å². The van der Waals surface area contributed by atoms with Crippen LogP contribution in [0.5, 0.6) is 5.75 Å². The van der Waals surface area contributed by atoms with E-state index in [0.717, 1.165) is 11.6 Å². The molecule has 0 aromatic heterocycles. The van der Waals surface area contributed by atoms with Gasteiger partial charge < -0.3 is 19.7 Å². The van der Waals surface area contributed by atoms with Gasteiger partial charge in [0.1, 0.15) is 11.9 Å². The molecule has 2 rings (SSSR count). The van der Waals surface area contributed by atoms with Crippen LogP contribution in [0.25, 0.3) is 0 Å². The number of benzene rings is 2. The molecule has 0 saturated carbocycles. The number of hydrogen-bond acceptors (Lipinski definition) is 5. The Bertz CT molecular complexity index is 914. The Kier molecular flexibility index (Phi) is 8.24. The summed E-state index contributed by atoms with van der Waals surface area (Å²) in [4.78, 5) is 23.4. The van der Waals surface area contributed by atoms with Crippen molar-refractivity contribution in [3.63, 3.8) is 0 Å². The summed E-state index contributed by atoms with van der Waals surface area (Å²) in [6.45, 7) is 1.92. The van der Waals surface area contributed by atoms with Crippen molar-refractivity contribution in [2.75, 3.05) is 12.4 Å². The lowest BCUT2D eigenvalue weighted by atomic mass is 10.0. The first kappa shape index (κ1) is 22.9. The molecule has 0 spiro atoms. The number of carbonyl (C=O) groups excluding carboxylic acids is 1. The minimum atomic E-state index is -1.19. The summed E-state index contributed by atoms with van der Waals surface area (Å²) in [6, 6.07) is 10.3. The van der Waals surface area contributed by atoms with Gasteiger partial charge in [-0.3, -0.25) is 5.32 Å². The lowest BCUT2D eigenvalue weighted by Gasteiger charge is -2.25. The first-order valence-electron chi connectivity index (χ1n) is 8.37. The molecule has 154 valence electrons. The molecular formula is C20H19Br2NO6. The summed E-state index contributed by atoms with van der Waals surface area (Å²) in [5, 5.41) is 22.0. The van der Waals surface area contributed by atoms with Crippen molar-refractivity contribution >= 4 is 49.6 Å². The highest BCUT2D eigenvalue weighted by Gasteiger charge is 2.29. The van der Waals surface area contributed by atoms with E-state index in [1.165, 1.54) is 13.2 Å². The van der Waals surface area contributed by atoms with Gasteiger partial charge in [0, 0.05) is 28.9 Å². The number of aryl methyl sites for hydroxylation is 1. The number of rotatable bonds is 7. The quantitative estimate of drug-likeness (QED) is 0.428. The average molecular weight is 529 g/mol. The molecule has 0 unspecified atom stereocenters. The van der Waals surface area contributed by atoms with Gasteiger partial charge in [0.05, 0.1) is 4.47 Å². The van der Waals surface area contributed by atoms with Gasteiger partial charge in [0.2, 0.25) is 0 Å². The maximum atomic E-state index is 12.5. The molecule has 2 atom stereocenters. The number of nitrogens with one attached hydrogen (secondary N) is 1. The first-order chi connectivity index (χ1) is 13.7. The fourth-order valence-electron chi connectivity index (χ4n) is 2.49. The number of ether oxygens (including phenoxy) is 2. The second kappa shape index (κ2) is 10.4. The third-order valence-corrected chi connectivity index (χ3v) is 4.96. The van der Waals surface area contributed by atoms with Gasteiger partial charge in [-0.25, -0.2) is 9.59 Å². The average Bonchev–Trinajstić information content (AvgIpc) is 2.66. The maximum absolute atomic E-state index is 12.5. The van der Waals surface area contributed by atoms with Crippen molar-refractivity contribution < 1.29 is 29.3 Å². The van der Waals surface area contributed by atoms with Gasteiger partial charge in [-0.1, -0.05) is 33.6 Å². The highest BCUT2D eigenvalue weighted by molar-refractivity contribution is 9.11. The van der Waals surface area contributed by atoms with E-state index in [-0.39, 0.29) is 11.3 Å². The van der Waals surface area contributed by atoms with E-state index in [1.54, 1.807) is 24.3 Å². The lowest BCUT2D eigenvalue weighted by molar-refractivity contribution is -0.131. The molecule has 0 aliphatic heterocycles. The van der Waals surface area contributed by atoms with Crippen molar-refractivity contribution in [1.82, 2.24) is 0 Å². The van der Waals surface area contributed by atoms with Crippen molar-refractivity contribution in [2.45, 2.75) is 19.1 Å². The van der Waals surface area contributed by atoms with E-state index in [2.05, 4.69) is 37.2 Å². The highest BCUT2D eigenvalue weighted by atomic mass is 79.9. The van der Waals surface area contributed by atoms with Crippen LogP contribution in [0, 0.1) is 6.92 Å². The van der Waals surface area contributed by atoms with Crippen molar-refractivity contribution in [3.05, 3.63) is 68.6 Å². The molecule has 29 heavy (non-hydrogen) atoms. The molecule has 0 fully saturated rings. The number of anilines is 1. The van der Waals surface area contributed by atoms with Crippen LogP contribution in [0.1, 0.15) is 17.2 Å². The molecule has 0 bridgehead atoms. The van der Waals surface area contributed by atoms with E-state index >= 15 is 0 Å². The second-order valence-corrected chi connectivity index (χ2v) is 7.81. The number of carbonyl (C=O) groups is 2. The van der Waals surface area contributed by atoms with Gasteiger partial charge in [-0.05, 0) is 53.2 Å². The minimum Gasteiger partial charge on any atom is -0.506 e. The maximum Gasteiger partial charge on any atom is 0.412 e. The minimum absolute atomic E-state index is 0.160. The largest absolute Gasteiger partial charge is 0.506 e. The summed E-state index contributed by atoms with van der Waals surface area (Å²) >= 11 is 6.56. The SMILES string of the molecule is CO[C@@H](/C=C/C(=O)O)[C@@H](OC(=O)Nc1ccc(C)cc1)c1cc(Br)cc(Br)c1O. The van der Waals surface area contributed by atoms with Crippen LogP contribution in [0.3, 0.4) is 0 Å². The Labute approximate surface area is 184 Å². The number of methoxy groups -OCH3 is 1. The molecule has 2 aromatic rings. The molecular weight excluding hydrogens is 510 g/mol. The monoisotopic (exact) mass is 527 g/mol. The molecule has 0 aliphatic rings. The number of carboxylic acids is 1. The zero-order valence-electron chi connectivity index (χ0n) is 15.6. The third-order valence-electron chi connectivity index (χ3n) is 3.90. The molecule has 0 aliphatic carbocycles. The Morgan fingerprint density at radius 2 is 1.83 bits per heavy atom. The van der Waals surface area contributed by atoms with Crippen LogP contribution in [0.4, 0.5) is 10.5 Å². The summed E-state index contributed by atoms with van der Waals surface area (Å²) in [7, 11) is 1.34. The van der Waals surface area contributed by atoms with Crippen LogP contribution in [-0.4, -0.2) is 35.5 Å². The van der Waals surface area contributed by atoms with Crippen molar-refractivity contribution in [3.8, 4) is 5.75 Å². The molecule has 0 saturated heterocycles. The van der Waals surface area contributed by atoms with E-state index < -0.39 is 24.3 Å². The number of aromatic hydroxyl groups is 1. The van der Waals surface area contributed by atoms with Crippen LogP contribution in [0.15, 0.2) is 57.5 Å². The van der Waals surface area contributed by atoms with E-state index in [1.807, 2.05) is 19.1 Å². The predicted molar refractivity (Wildman–Crippen MR) is 115 cm³/mol. The fourth-order valence-corrected chi connectivity index (χ4v) is 3.75.